The van der Waals surface area contributed by atoms with E-state index in [0.29, 0.717) is 0 Å². The van der Waals surface area contributed by atoms with Crippen molar-refractivity contribution in [2.75, 3.05) is 20.1 Å². The Bertz CT molecular complexity index is 201. The Kier molecular flexibility index (Phi) is 2.54. The molecule has 1 amide bonds. The summed E-state index contributed by atoms with van der Waals surface area (Å²) >= 11 is 0. The Labute approximate surface area is 79.5 Å². The van der Waals surface area contributed by atoms with Crippen LogP contribution in [0.4, 0.5) is 0 Å². The van der Waals surface area contributed by atoms with Crippen molar-refractivity contribution < 1.29 is 4.79 Å². The molecule has 0 unspecified atom stereocenters. The quantitative estimate of drug-likeness (QED) is 0.693. The zero-order valence-electron chi connectivity index (χ0n) is 8.25. The van der Waals surface area contributed by atoms with Crippen LogP contribution < -0.4 is 5.32 Å². The van der Waals surface area contributed by atoms with Crippen molar-refractivity contribution >= 4 is 5.91 Å². The lowest BCUT2D eigenvalue weighted by atomic mass is 10.2. The summed E-state index contributed by atoms with van der Waals surface area (Å²) in [5.41, 5.74) is 0. The fourth-order valence-corrected chi connectivity index (χ4v) is 1.93. The maximum Gasteiger partial charge on any atom is 0.237 e. The first-order valence-electron chi connectivity index (χ1n) is 5.25. The average Bonchev–Trinajstić information content (AvgIpc) is 2.84. The van der Waals surface area contributed by atoms with Gasteiger partial charge in [-0.1, -0.05) is 0 Å². The Morgan fingerprint density at radius 3 is 2.77 bits per heavy atom. The number of likely N-dealkylation sites (tertiary alicyclic amines) is 1. The number of nitrogens with one attached hydrogen (secondary N) is 1. The van der Waals surface area contributed by atoms with Crippen molar-refractivity contribution in [3.05, 3.63) is 0 Å². The number of carbonyl (C=O) groups is 1. The van der Waals surface area contributed by atoms with Gasteiger partial charge in [-0.3, -0.25) is 9.69 Å². The van der Waals surface area contributed by atoms with Crippen LogP contribution in [0.3, 0.4) is 0 Å². The first-order chi connectivity index (χ1) is 6.27. The zero-order valence-corrected chi connectivity index (χ0v) is 8.25. The minimum atomic E-state index is 0.152. The predicted octanol–water partition coefficient (Wildman–Crippen LogP) is 0.607. The van der Waals surface area contributed by atoms with Crippen LogP contribution in [0.5, 0.6) is 0 Å². The highest BCUT2D eigenvalue weighted by Gasteiger charge is 2.29. The summed E-state index contributed by atoms with van der Waals surface area (Å²) in [5, 5.41) is 3.04. The Balaban J connectivity index is 1.74. The molecule has 2 rings (SSSR count). The maximum absolute atomic E-state index is 11.6. The van der Waals surface area contributed by atoms with Gasteiger partial charge < -0.3 is 5.32 Å². The van der Waals surface area contributed by atoms with E-state index in [0.717, 1.165) is 31.8 Å². The highest BCUT2D eigenvalue weighted by molar-refractivity contribution is 5.82. The molecular weight excluding hydrogens is 164 g/mol. The third kappa shape index (κ3) is 2.21. The van der Waals surface area contributed by atoms with E-state index in [1.165, 1.54) is 12.8 Å². The van der Waals surface area contributed by atoms with E-state index in [4.69, 9.17) is 0 Å². The minimum Gasteiger partial charge on any atom is -0.354 e. The molecule has 0 aromatic carbocycles. The van der Waals surface area contributed by atoms with Crippen LogP contribution in [0, 0.1) is 5.92 Å². The third-order valence-corrected chi connectivity index (χ3v) is 3.08. The molecule has 1 saturated heterocycles. The highest BCUT2D eigenvalue weighted by atomic mass is 16.2. The standard InChI is InChI=1S/C10H18N2O/c1-12-6-2-3-9(12)10(13)11-7-8-4-5-8/h8-9H,2-7H2,1H3,(H,11,13)/t9-/m0/s1. The number of carbonyl (C=O) groups excluding carboxylic acids is 1. The van der Waals surface area contributed by atoms with Crippen molar-refractivity contribution in [3.8, 4) is 0 Å². The number of hydrogen-bond acceptors (Lipinski definition) is 2. The Morgan fingerprint density at radius 1 is 1.46 bits per heavy atom. The number of rotatable bonds is 3. The number of amides is 1. The van der Waals surface area contributed by atoms with Crippen molar-refractivity contribution in [2.24, 2.45) is 5.92 Å². The van der Waals surface area contributed by atoms with Gasteiger partial charge in [-0.05, 0) is 45.2 Å². The molecule has 1 atom stereocenters. The SMILES string of the molecule is CN1CCC[C@H]1C(=O)NCC1CC1. The summed E-state index contributed by atoms with van der Waals surface area (Å²) < 4.78 is 0. The van der Waals surface area contributed by atoms with E-state index in [1.54, 1.807) is 0 Å². The fourth-order valence-electron chi connectivity index (χ4n) is 1.93. The fraction of sp³-hybridized carbons (Fsp3) is 0.900. The molecule has 3 heteroatoms. The number of likely N-dealkylation sites (N-methyl/N-ethyl adjacent to an activating group) is 1. The molecule has 1 aliphatic heterocycles. The first kappa shape index (κ1) is 9.00. The van der Waals surface area contributed by atoms with Crippen molar-refractivity contribution in [1.29, 1.82) is 0 Å². The molecule has 1 aliphatic carbocycles. The van der Waals surface area contributed by atoms with Crippen molar-refractivity contribution in [3.63, 3.8) is 0 Å². The van der Waals surface area contributed by atoms with Crippen LogP contribution in [-0.4, -0.2) is 37.0 Å². The van der Waals surface area contributed by atoms with E-state index in [1.807, 2.05) is 7.05 Å². The van der Waals surface area contributed by atoms with Crippen LogP contribution in [0.2, 0.25) is 0 Å². The van der Waals surface area contributed by atoms with Gasteiger partial charge in [0.1, 0.15) is 0 Å². The average molecular weight is 182 g/mol. The Morgan fingerprint density at radius 2 is 2.23 bits per heavy atom. The predicted molar refractivity (Wildman–Crippen MR) is 51.4 cm³/mol. The molecule has 2 fully saturated rings. The molecule has 13 heavy (non-hydrogen) atoms. The van der Waals surface area contributed by atoms with Gasteiger partial charge in [-0.2, -0.15) is 0 Å². The summed E-state index contributed by atoms with van der Waals surface area (Å²) in [4.78, 5) is 13.8. The van der Waals surface area contributed by atoms with Crippen LogP contribution >= 0.6 is 0 Å². The highest BCUT2D eigenvalue weighted by Crippen LogP contribution is 2.27. The normalized spacial score (nSPS) is 29.2. The molecular formula is C10H18N2O. The second kappa shape index (κ2) is 3.66. The lowest BCUT2D eigenvalue weighted by molar-refractivity contribution is -0.125. The monoisotopic (exact) mass is 182 g/mol. The third-order valence-electron chi connectivity index (χ3n) is 3.08. The van der Waals surface area contributed by atoms with Gasteiger partial charge in [0.25, 0.3) is 0 Å². The molecule has 74 valence electrons. The summed E-state index contributed by atoms with van der Waals surface area (Å²) in [6, 6.07) is 0.152. The largest absolute Gasteiger partial charge is 0.354 e. The van der Waals surface area contributed by atoms with Crippen LogP contribution in [-0.2, 0) is 4.79 Å². The summed E-state index contributed by atoms with van der Waals surface area (Å²) in [5.74, 6) is 1.03. The molecule has 1 saturated carbocycles. The molecule has 2 aliphatic rings. The van der Waals surface area contributed by atoms with Crippen LogP contribution in [0.15, 0.2) is 0 Å². The molecule has 0 aromatic rings. The van der Waals surface area contributed by atoms with E-state index >= 15 is 0 Å². The van der Waals surface area contributed by atoms with E-state index < -0.39 is 0 Å². The van der Waals surface area contributed by atoms with Crippen LogP contribution in [0.25, 0.3) is 0 Å². The molecule has 0 radical (unpaired) electrons. The second-order valence-corrected chi connectivity index (χ2v) is 4.33. The van der Waals surface area contributed by atoms with Gasteiger partial charge in [0, 0.05) is 6.54 Å². The topological polar surface area (TPSA) is 32.3 Å². The summed E-state index contributed by atoms with van der Waals surface area (Å²) in [6.45, 7) is 1.98. The lowest BCUT2D eigenvalue weighted by Gasteiger charge is -2.18. The van der Waals surface area contributed by atoms with Gasteiger partial charge in [-0.15, -0.1) is 0 Å². The molecule has 1 heterocycles. The summed E-state index contributed by atoms with van der Waals surface area (Å²) in [6.07, 6.45) is 4.81. The molecule has 0 bridgehead atoms. The number of hydrogen-bond donors (Lipinski definition) is 1. The van der Waals surface area contributed by atoms with Crippen LogP contribution in [0.1, 0.15) is 25.7 Å². The lowest BCUT2D eigenvalue weighted by Crippen LogP contribution is -2.42. The molecule has 3 nitrogen and oxygen atoms in total. The number of nitrogens with zero attached hydrogens (tertiary/aromatic N) is 1. The molecule has 0 spiro atoms. The Hall–Kier alpha value is -0.570. The van der Waals surface area contributed by atoms with Gasteiger partial charge in [0.15, 0.2) is 0 Å². The molecule has 0 aromatic heterocycles. The minimum absolute atomic E-state index is 0.152. The van der Waals surface area contributed by atoms with Gasteiger partial charge in [0.2, 0.25) is 5.91 Å². The van der Waals surface area contributed by atoms with Gasteiger partial charge >= 0.3 is 0 Å². The van der Waals surface area contributed by atoms with Crippen molar-refractivity contribution in [1.82, 2.24) is 10.2 Å². The molecule has 1 N–H and O–H groups in total. The zero-order chi connectivity index (χ0) is 9.26. The van der Waals surface area contributed by atoms with Crippen molar-refractivity contribution in [2.45, 2.75) is 31.7 Å². The first-order valence-corrected chi connectivity index (χ1v) is 5.25. The van der Waals surface area contributed by atoms with Gasteiger partial charge in [0.05, 0.1) is 6.04 Å². The van der Waals surface area contributed by atoms with E-state index in [2.05, 4.69) is 10.2 Å². The van der Waals surface area contributed by atoms with Gasteiger partial charge in [-0.25, -0.2) is 0 Å². The smallest absolute Gasteiger partial charge is 0.237 e. The summed E-state index contributed by atoms with van der Waals surface area (Å²) in [7, 11) is 2.04. The maximum atomic E-state index is 11.6. The van der Waals surface area contributed by atoms with E-state index in [-0.39, 0.29) is 11.9 Å². The second-order valence-electron chi connectivity index (χ2n) is 4.33. The van der Waals surface area contributed by atoms with E-state index in [9.17, 15) is 4.79 Å².